The molecule has 4 rings (SSSR count). The number of aromatic nitrogens is 1. The molecule has 4 N–H and O–H groups in total. The molecule has 2 aliphatic rings. The predicted octanol–water partition coefficient (Wildman–Crippen LogP) is 2.02. The van der Waals surface area contributed by atoms with E-state index in [1.54, 1.807) is 4.90 Å². The van der Waals surface area contributed by atoms with Gasteiger partial charge >= 0.3 is 12.1 Å². The fourth-order valence-electron chi connectivity index (χ4n) is 3.35. The van der Waals surface area contributed by atoms with Crippen molar-refractivity contribution < 1.29 is 32.2 Å². The number of ether oxygens (including phenoxy) is 1. The Bertz CT molecular complexity index is 1210. The standard InChI is InChI=1S/C22H21F4N7O3/c23-17-13-27-22(35,31-19(17)33-7-9-36-10-8-33)32-28-12-16-5-2-6-18(29-16)20(34)30-15-4-1-3-14(11-15)21(24,25)26/h1-6,11-13,31-32,35H,7-10H2,(H,30,34)/b28-12+. The maximum absolute atomic E-state index is 14.2. The molecular formula is C22H21F4N7O3. The van der Waals surface area contributed by atoms with E-state index in [9.17, 15) is 27.5 Å². The number of rotatable bonds is 6. The van der Waals surface area contributed by atoms with Crippen LogP contribution in [0.3, 0.4) is 0 Å². The molecule has 1 unspecified atom stereocenters. The zero-order chi connectivity index (χ0) is 25.8. The lowest BCUT2D eigenvalue weighted by Crippen LogP contribution is -2.58. The molecule has 1 aromatic carbocycles. The Kier molecular flexibility index (Phi) is 7.17. The summed E-state index contributed by atoms with van der Waals surface area (Å²) in [6, 6.07) is 8.58. The molecule has 2 aromatic rings. The summed E-state index contributed by atoms with van der Waals surface area (Å²) >= 11 is 0. The first kappa shape index (κ1) is 25.1. The normalized spacial score (nSPS) is 20.4. The summed E-state index contributed by atoms with van der Waals surface area (Å²) in [5, 5.41) is 19.4. The van der Waals surface area contributed by atoms with E-state index in [0.717, 1.165) is 18.3 Å². The molecule has 0 aliphatic carbocycles. The van der Waals surface area contributed by atoms with Gasteiger partial charge in [-0.25, -0.2) is 19.8 Å². The first-order valence-corrected chi connectivity index (χ1v) is 10.7. The van der Waals surface area contributed by atoms with Crippen LogP contribution in [0.1, 0.15) is 21.7 Å². The highest BCUT2D eigenvalue weighted by molar-refractivity contribution is 6.03. The number of hydrazone groups is 1. The van der Waals surface area contributed by atoms with Crippen LogP contribution < -0.4 is 16.1 Å². The van der Waals surface area contributed by atoms with Crippen LogP contribution in [0, 0.1) is 0 Å². The van der Waals surface area contributed by atoms with E-state index in [1.807, 2.05) is 0 Å². The van der Waals surface area contributed by atoms with Gasteiger partial charge in [0.15, 0.2) is 5.83 Å². The number of aliphatic imine (C=N–C) groups is 1. The molecule has 1 amide bonds. The molecule has 0 spiro atoms. The summed E-state index contributed by atoms with van der Waals surface area (Å²) in [5.74, 6) is -3.50. The number of benzene rings is 1. The third-order valence-electron chi connectivity index (χ3n) is 5.08. The Balaban J connectivity index is 1.39. The largest absolute Gasteiger partial charge is 0.416 e. The SMILES string of the molecule is O=C(Nc1cccc(C(F)(F)F)c1)c1cccc(/C=N/NC2(O)N=CC(F)=C(N3CCOCC3)N2)n1. The lowest BCUT2D eigenvalue weighted by molar-refractivity contribution is -0.137. The number of alkyl halides is 3. The number of nitrogens with zero attached hydrogens (tertiary/aromatic N) is 4. The molecule has 36 heavy (non-hydrogen) atoms. The summed E-state index contributed by atoms with van der Waals surface area (Å²) in [7, 11) is 0. The summed E-state index contributed by atoms with van der Waals surface area (Å²) in [4.78, 5) is 21.9. The topological polar surface area (TPSA) is 123 Å². The van der Waals surface area contributed by atoms with Crippen molar-refractivity contribution in [1.82, 2.24) is 20.6 Å². The summed E-state index contributed by atoms with van der Waals surface area (Å²) in [6.07, 6.45) is -2.51. The molecule has 10 nitrogen and oxygen atoms in total. The molecule has 0 radical (unpaired) electrons. The first-order valence-electron chi connectivity index (χ1n) is 10.7. The minimum Gasteiger partial charge on any atom is -0.378 e. The van der Waals surface area contributed by atoms with Crippen LogP contribution in [0.5, 0.6) is 0 Å². The number of carbonyl (C=O) groups is 1. The Hall–Kier alpha value is -4.04. The molecule has 2 aliphatic heterocycles. The lowest BCUT2D eigenvalue weighted by Gasteiger charge is -2.36. The first-order chi connectivity index (χ1) is 17.1. The number of carbonyl (C=O) groups excluding carboxylic acids is 1. The van der Waals surface area contributed by atoms with Crippen LogP contribution in [0.4, 0.5) is 23.2 Å². The van der Waals surface area contributed by atoms with Crippen molar-refractivity contribution in [2.45, 2.75) is 12.1 Å². The van der Waals surface area contributed by atoms with Gasteiger partial charge < -0.3 is 25.4 Å². The quantitative estimate of drug-likeness (QED) is 0.204. The number of nitrogens with one attached hydrogen (secondary N) is 3. The van der Waals surface area contributed by atoms with Crippen LogP contribution in [0.25, 0.3) is 0 Å². The fourth-order valence-corrected chi connectivity index (χ4v) is 3.35. The van der Waals surface area contributed by atoms with E-state index < -0.39 is 29.4 Å². The second-order valence-electron chi connectivity index (χ2n) is 7.70. The van der Waals surface area contributed by atoms with Gasteiger partial charge in [0, 0.05) is 18.8 Å². The van der Waals surface area contributed by atoms with E-state index in [1.165, 1.54) is 36.5 Å². The van der Waals surface area contributed by atoms with Gasteiger partial charge in [0.05, 0.1) is 36.9 Å². The zero-order valence-electron chi connectivity index (χ0n) is 18.6. The lowest BCUT2D eigenvalue weighted by atomic mass is 10.2. The van der Waals surface area contributed by atoms with Crippen molar-refractivity contribution in [3.63, 3.8) is 0 Å². The highest BCUT2D eigenvalue weighted by atomic mass is 19.4. The maximum Gasteiger partial charge on any atom is 0.416 e. The number of halogens is 4. The van der Waals surface area contributed by atoms with Crippen LogP contribution in [0.15, 0.2) is 64.2 Å². The minimum absolute atomic E-state index is 0.0323. The van der Waals surface area contributed by atoms with Gasteiger partial charge in [0.2, 0.25) is 0 Å². The van der Waals surface area contributed by atoms with E-state index in [4.69, 9.17) is 4.74 Å². The molecule has 1 atom stereocenters. The van der Waals surface area contributed by atoms with Crippen LogP contribution in [-0.4, -0.2) is 65.6 Å². The molecular weight excluding hydrogens is 486 g/mol. The van der Waals surface area contributed by atoms with Gasteiger partial charge in [-0.1, -0.05) is 12.1 Å². The molecule has 14 heteroatoms. The van der Waals surface area contributed by atoms with E-state index in [-0.39, 0.29) is 22.9 Å². The fraction of sp³-hybridized carbons (Fsp3) is 0.273. The van der Waals surface area contributed by atoms with E-state index in [2.05, 4.69) is 31.1 Å². The highest BCUT2D eigenvalue weighted by Crippen LogP contribution is 2.30. The van der Waals surface area contributed by atoms with Gasteiger partial charge in [-0.3, -0.25) is 4.79 Å². The maximum atomic E-state index is 14.2. The van der Waals surface area contributed by atoms with Crippen molar-refractivity contribution in [1.29, 1.82) is 0 Å². The second kappa shape index (κ2) is 10.3. The van der Waals surface area contributed by atoms with Crippen molar-refractivity contribution >= 4 is 24.0 Å². The smallest absolute Gasteiger partial charge is 0.378 e. The number of hydrogen-bond acceptors (Lipinski definition) is 9. The number of aliphatic hydroxyl groups is 1. The van der Waals surface area contributed by atoms with Crippen molar-refractivity contribution in [2.75, 3.05) is 31.6 Å². The molecule has 1 aromatic heterocycles. The minimum atomic E-state index is -4.55. The van der Waals surface area contributed by atoms with Crippen molar-refractivity contribution in [3.05, 3.63) is 71.1 Å². The van der Waals surface area contributed by atoms with E-state index >= 15 is 0 Å². The van der Waals surface area contributed by atoms with E-state index in [0.29, 0.717) is 26.3 Å². The predicted molar refractivity (Wildman–Crippen MR) is 121 cm³/mol. The summed E-state index contributed by atoms with van der Waals surface area (Å²) in [6.45, 7) is 1.65. The third-order valence-corrected chi connectivity index (χ3v) is 5.08. The highest BCUT2D eigenvalue weighted by Gasteiger charge is 2.33. The average Bonchev–Trinajstić information content (AvgIpc) is 2.86. The number of hydrogen-bond donors (Lipinski definition) is 4. The van der Waals surface area contributed by atoms with Crippen LogP contribution >= 0.6 is 0 Å². The van der Waals surface area contributed by atoms with Gasteiger partial charge in [-0.15, -0.1) is 0 Å². The molecule has 1 fully saturated rings. The second-order valence-corrected chi connectivity index (χ2v) is 7.70. The van der Waals surface area contributed by atoms with Crippen molar-refractivity contribution in [2.24, 2.45) is 10.1 Å². The Morgan fingerprint density at radius 3 is 2.72 bits per heavy atom. The van der Waals surface area contributed by atoms with Gasteiger partial charge in [0.25, 0.3) is 5.91 Å². The summed E-state index contributed by atoms with van der Waals surface area (Å²) < 4.78 is 58.1. The van der Waals surface area contributed by atoms with Gasteiger partial charge in [-0.05, 0) is 30.3 Å². The van der Waals surface area contributed by atoms with Crippen molar-refractivity contribution in [3.8, 4) is 0 Å². The number of pyridine rings is 1. The number of morpholine rings is 1. The van der Waals surface area contributed by atoms with Crippen LogP contribution in [0.2, 0.25) is 0 Å². The molecule has 190 valence electrons. The Morgan fingerprint density at radius 1 is 1.22 bits per heavy atom. The van der Waals surface area contributed by atoms with Gasteiger partial charge in [-0.2, -0.15) is 18.3 Å². The number of amides is 1. The summed E-state index contributed by atoms with van der Waals surface area (Å²) in [5.41, 5.74) is 1.52. The van der Waals surface area contributed by atoms with Crippen LogP contribution in [-0.2, 0) is 10.9 Å². The Morgan fingerprint density at radius 2 is 1.97 bits per heavy atom. The average molecular weight is 507 g/mol. The number of allylic oxidation sites excluding steroid dienone is 1. The molecule has 1 saturated heterocycles. The molecule has 3 heterocycles. The molecule has 0 saturated carbocycles. The monoisotopic (exact) mass is 507 g/mol. The number of anilines is 1. The Labute approximate surface area is 202 Å². The third kappa shape index (κ3) is 6.14. The zero-order valence-corrected chi connectivity index (χ0v) is 18.6. The molecule has 0 bridgehead atoms. The van der Waals surface area contributed by atoms with Gasteiger partial charge in [0.1, 0.15) is 11.5 Å².